The summed E-state index contributed by atoms with van der Waals surface area (Å²) in [5.74, 6) is 2.54. The highest BCUT2D eigenvalue weighted by Gasteiger charge is 2.42. The minimum Gasteiger partial charge on any atom is -0.512 e. The van der Waals surface area contributed by atoms with Crippen LogP contribution >= 0.6 is 0 Å². The average molecular weight is 360 g/mol. The number of benzene rings is 1. The SMILES string of the molecule is OB(O)Oc1ccc(C2CCC(C3CCC4(CC3)OCCO4)CC2)cc1. The summed E-state index contributed by atoms with van der Waals surface area (Å²) in [7, 11) is -1.76. The van der Waals surface area contributed by atoms with Gasteiger partial charge in [0.25, 0.3) is 0 Å². The summed E-state index contributed by atoms with van der Waals surface area (Å²) < 4.78 is 16.6. The normalized spacial score (nSPS) is 29.0. The third-order valence-corrected chi connectivity index (χ3v) is 6.64. The molecular weight excluding hydrogens is 331 g/mol. The molecule has 0 aromatic heterocycles. The summed E-state index contributed by atoms with van der Waals surface area (Å²) in [6, 6.07) is 7.76. The third kappa shape index (κ3) is 4.09. The molecule has 1 aromatic rings. The third-order valence-electron chi connectivity index (χ3n) is 6.64. The molecule has 0 atom stereocenters. The average Bonchev–Trinajstić information content (AvgIpc) is 3.11. The lowest BCUT2D eigenvalue weighted by atomic mass is 9.69. The first-order valence-electron chi connectivity index (χ1n) is 10.0. The zero-order chi connectivity index (χ0) is 18.0. The molecule has 1 aliphatic heterocycles. The maximum Gasteiger partial charge on any atom is 0.707 e. The number of hydrogen-bond acceptors (Lipinski definition) is 5. The quantitative estimate of drug-likeness (QED) is 0.807. The van der Waals surface area contributed by atoms with E-state index in [4.69, 9.17) is 24.2 Å². The van der Waals surface area contributed by atoms with Gasteiger partial charge in [-0.3, -0.25) is 0 Å². The molecule has 3 fully saturated rings. The van der Waals surface area contributed by atoms with Gasteiger partial charge in [-0.1, -0.05) is 12.1 Å². The maximum absolute atomic E-state index is 8.86. The zero-order valence-corrected chi connectivity index (χ0v) is 15.3. The monoisotopic (exact) mass is 360 g/mol. The lowest BCUT2D eigenvalue weighted by Gasteiger charge is -2.41. The van der Waals surface area contributed by atoms with E-state index >= 15 is 0 Å². The van der Waals surface area contributed by atoms with Crippen molar-refractivity contribution >= 4 is 7.32 Å². The van der Waals surface area contributed by atoms with Crippen LogP contribution in [0.5, 0.6) is 5.75 Å². The predicted octanol–water partition coefficient (Wildman–Crippen LogP) is 3.24. The van der Waals surface area contributed by atoms with Crippen molar-refractivity contribution in [3.05, 3.63) is 29.8 Å². The Labute approximate surface area is 155 Å². The molecule has 1 aromatic carbocycles. The van der Waals surface area contributed by atoms with E-state index in [-0.39, 0.29) is 5.79 Å². The molecule has 142 valence electrons. The molecule has 26 heavy (non-hydrogen) atoms. The molecular formula is C20H29BO5. The largest absolute Gasteiger partial charge is 0.707 e. The van der Waals surface area contributed by atoms with Crippen LogP contribution in [-0.4, -0.2) is 36.4 Å². The van der Waals surface area contributed by atoms with E-state index in [1.807, 2.05) is 12.1 Å². The Morgan fingerprint density at radius 1 is 0.846 bits per heavy atom. The second kappa shape index (κ2) is 7.89. The molecule has 2 saturated carbocycles. The maximum atomic E-state index is 8.86. The van der Waals surface area contributed by atoms with Crippen molar-refractivity contribution in [3.8, 4) is 5.75 Å². The Kier molecular flexibility index (Phi) is 5.55. The van der Waals surface area contributed by atoms with Gasteiger partial charge in [-0.25, -0.2) is 0 Å². The van der Waals surface area contributed by atoms with Crippen LogP contribution in [0, 0.1) is 11.8 Å². The molecule has 5 nitrogen and oxygen atoms in total. The summed E-state index contributed by atoms with van der Waals surface area (Å²) >= 11 is 0. The fourth-order valence-corrected chi connectivity index (χ4v) is 5.20. The van der Waals surface area contributed by atoms with Crippen LogP contribution < -0.4 is 4.65 Å². The predicted molar refractivity (Wildman–Crippen MR) is 98.6 cm³/mol. The molecule has 1 spiro atoms. The first kappa shape index (κ1) is 18.3. The van der Waals surface area contributed by atoms with Crippen LogP contribution in [0.2, 0.25) is 0 Å². The fraction of sp³-hybridized carbons (Fsp3) is 0.700. The molecule has 0 amide bonds. The van der Waals surface area contributed by atoms with Gasteiger partial charge in [0.05, 0.1) is 13.2 Å². The van der Waals surface area contributed by atoms with Crippen molar-refractivity contribution in [3.63, 3.8) is 0 Å². The van der Waals surface area contributed by atoms with Crippen LogP contribution in [0.4, 0.5) is 0 Å². The van der Waals surface area contributed by atoms with E-state index in [2.05, 4.69) is 12.1 Å². The van der Waals surface area contributed by atoms with Gasteiger partial charge < -0.3 is 24.2 Å². The second-order valence-corrected chi connectivity index (χ2v) is 8.07. The Morgan fingerprint density at radius 3 is 2.00 bits per heavy atom. The molecule has 2 aliphatic carbocycles. The van der Waals surface area contributed by atoms with Gasteiger partial charge in [0.2, 0.25) is 0 Å². The van der Waals surface area contributed by atoms with Crippen LogP contribution in [0.25, 0.3) is 0 Å². The van der Waals surface area contributed by atoms with E-state index in [9.17, 15) is 0 Å². The van der Waals surface area contributed by atoms with Gasteiger partial charge in [0.15, 0.2) is 5.79 Å². The van der Waals surface area contributed by atoms with Crippen LogP contribution in [0.3, 0.4) is 0 Å². The van der Waals surface area contributed by atoms with Crippen molar-refractivity contribution in [1.29, 1.82) is 0 Å². The van der Waals surface area contributed by atoms with Crippen LogP contribution in [0.15, 0.2) is 24.3 Å². The van der Waals surface area contributed by atoms with Gasteiger partial charge in [0.1, 0.15) is 5.75 Å². The summed E-state index contributed by atoms with van der Waals surface area (Å²) in [6.07, 6.45) is 9.70. The molecule has 0 unspecified atom stereocenters. The highest BCUT2D eigenvalue weighted by atomic mass is 16.7. The number of hydrogen-bond donors (Lipinski definition) is 2. The zero-order valence-electron chi connectivity index (χ0n) is 15.3. The molecule has 2 N–H and O–H groups in total. The standard InChI is InChI=1S/C20H29BO5/c22-21(23)26-19-7-5-17(6-8-19)15-1-3-16(4-2-15)18-9-11-20(12-10-18)24-13-14-25-20/h5-8,15-16,18,22-23H,1-4,9-14H2. The van der Waals surface area contributed by atoms with Gasteiger partial charge in [-0.05, 0) is 74.0 Å². The Morgan fingerprint density at radius 2 is 1.42 bits per heavy atom. The van der Waals surface area contributed by atoms with Gasteiger partial charge in [0, 0.05) is 12.8 Å². The topological polar surface area (TPSA) is 68.2 Å². The molecule has 6 heteroatoms. The minimum absolute atomic E-state index is 0.236. The molecule has 1 heterocycles. The smallest absolute Gasteiger partial charge is 0.512 e. The van der Waals surface area contributed by atoms with E-state index in [0.29, 0.717) is 11.7 Å². The van der Waals surface area contributed by atoms with Gasteiger partial charge in [-0.2, -0.15) is 0 Å². The summed E-state index contributed by atoms with van der Waals surface area (Å²) in [5.41, 5.74) is 1.33. The Balaban J connectivity index is 1.26. The van der Waals surface area contributed by atoms with E-state index in [1.165, 1.54) is 44.1 Å². The fourth-order valence-electron chi connectivity index (χ4n) is 5.20. The highest BCUT2D eigenvalue weighted by molar-refractivity contribution is 6.33. The first-order chi connectivity index (χ1) is 12.6. The Hall–Kier alpha value is -1.08. The van der Waals surface area contributed by atoms with Crippen LogP contribution in [0.1, 0.15) is 62.8 Å². The van der Waals surface area contributed by atoms with Gasteiger partial charge in [-0.15, -0.1) is 0 Å². The second-order valence-electron chi connectivity index (χ2n) is 8.07. The molecule has 3 aliphatic rings. The molecule has 0 bridgehead atoms. The van der Waals surface area contributed by atoms with Crippen molar-refractivity contribution in [2.24, 2.45) is 11.8 Å². The minimum atomic E-state index is -1.76. The van der Waals surface area contributed by atoms with E-state index in [0.717, 1.165) is 37.9 Å². The summed E-state index contributed by atoms with van der Waals surface area (Å²) in [6.45, 7) is 1.52. The summed E-state index contributed by atoms with van der Waals surface area (Å²) in [4.78, 5) is 0. The number of ether oxygens (including phenoxy) is 2. The Bertz CT molecular complexity index is 566. The van der Waals surface area contributed by atoms with Crippen molar-refractivity contribution < 1.29 is 24.2 Å². The molecule has 1 saturated heterocycles. The molecule has 0 radical (unpaired) electrons. The number of rotatable bonds is 4. The lowest BCUT2D eigenvalue weighted by Crippen LogP contribution is -2.37. The van der Waals surface area contributed by atoms with Crippen molar-refractivity contribution in [1.82, 2.24) is 0 Å². The first-order valence-corrected chi connectivity index (χ1v) is 10.0. The van der Waals surface area contributed by atoms with Crippen molar-refractivity contribution in [2.75, 3.05) is 13.2 Å². The molecule has 4 rings (SSSR count). The van der Waals surface area contributed by atoms with Crippen molar-refractivity contribution in [2.45, 2.75) is 63.1 Å². The van der Waals surface area contributed by atoms with E-state index < -0.39 is 7.32 Å². The van der Waals surface area contributed by atoms with Crippen LogP contribution in [-0.2, 0) is 9.47 Å². The lowest BCUT2D eigenvalue weighted by molar-refractivity contribution is -0.185. The summed E-state index contributed by atoms with van der Waals surface area (Å²) in [5, 5.41) is 17.7. The van der Waals surface area contributed by atoms with E-state index in [1.54, 1.807) is 0 Å². The van der Waals surface area contributed by atoms with Gasteiger partial charge >= 0.3 is 7.32 Å². The highest BCUT2D eigenvalue weighted by Crippen LogP contribution is 2.46.